The zero-order chi connectivity index (χ0) is 16.9. The van der Waals surface area contributed by atoms with Gasteiger partial charge in [-0.1, -0.05) is 12.1 Å². The van der Waals surface area contributed by atoms with Crippen LogP contribution in [0.15, 0.2) is 48.5 Å². The fourth-order valence-corrected chi connectivity index (χ4v) is 2.53. The van der Waals surface area contributed by atoms with Crippen LogP contribution in [0.4, 0.5) is 20.6 Å². The van der Waals surface area contributed by atoms with Gasteiger partial charge in [0.05, 0.1) is 6.54 Å². The first-order valence-corrected chi connectivity index (χ1v) is 7.70. The summed E-state index contributed by atoms with van der Waals surface area (Å²) in [6, 6.07) is 13.2. The number of carbonyl (C=O) groups excluding carboxylic acids is 2. The quantitative estimate of drug-likeness (QED) is 0.915. The zero-order valence-electron chi connectivity index (χ0n) is 13.0. The van der Waals surface area contributed by atoms with Gasteiger partial charge in [0.25, 0.3) is 0 Å². The van der Waals surface area contributed by atoms with Crippen molar-refractivity contribution in [2.75, 3.05) is 23.4 Å². The summed E-state index contributed by atoms with van der Waals surface area (Å²) in [6.07, 6.45) is 0.382. The standard InChI is InChI=1S/C18H17FN2O3/c19-14-3-1-2-13(12-14)4-9-17(22)20-15-5-7-16(8-6-15)21-10-11-24-18(21)23/h1-3,5-8,12H,4,9-11H2,(H,20,22). The number of nitrogens with zero attached hydrogens (tertiary/aromatic N) is 1. The minimum atomic E-state index is -0.359. The van der Waals surface area contributed by atoms with Crippen LogP contribution in [0.3, 0.4) is 0 Å². The summed E-state index contributed by atoms with van der Waals surface area (Å²) in [4.78, 5) is 25.0. The van der Waals surface area contributed by atoms with Crippen LogP contribution in [0.25, 0.3) is 0 Å². The van der Waals surface area contributed by atoms with Gasteiger partial charge in [-0.2, -0.15) is 0 Å². The van der Waals surface area contributed by atoms with E-state index in [4.69, 9.17) is 4.74 Å². The number of rotatable bonds is 5. The number of ether oxygens (including phenoxy) is 1. The molecule has 0 saturated carbocycles. The number of aryl methyl sites for hydroxylation is 1. The summed E-state index contributed by atoms with van der Waals surface area (Å²) < 4.78 is 18.0. The van der Waals surface area contributed by atoms with Gasteiger partial charge in [0.15, 0.2) is 0 Å². The molecule has 1 aliphatic heterocycles. The second kappa shape index (κ2) is 7.12. The van der Waals surface area contributed by atoms with Crippen LogP contribution >= 0.6 is 0 Å². The smallest absolute Gasteiger partial charge is 0.414 e. The molecule has 3 rings (SSSR count). The molecular weight excluding hydrogens is 311 g/mol. The van der Waals surface area contributed by atoms with Crippen molar-refractivity contribution in [3.8, 4) is 0 Å². The summed E-state index contributed by atoms with van der Waals surface area (Å²) in [5.41, 5.74) is 2.17. The van der Waals surface area contributed by atoms with Gasteiger partial charge in [-0.05, 0) is 48.4 Å². The van der Waals surface area contributed by atoms with E-state index in [2.05, 4.69) is 5.32 Å². The lowest BCUT2D eigenvalue weighted by molar-refractivity contribution is -0.116. The Morgan fingerprint density at radius 2 is 2.00 bits per heavy atom. The van der Waals surface area contributed by atoms with E-state index in [9.17, 15) is 14.0 Å². The van der Waals surface area contributed by atoms with Gasteiger partial charge in [-0.15, -0.1) is 0 Å². The number of anilines is 2. The highest BCUT2D eigenvalue weighted by Gasteiger charge is 2.23. The molecule has 0 aromatic heterocycles. The molecule has 5 nitrogen and oxygen atoms in total. The molecule has 2 aromatic rings. The molecule has 1 aliphatic rings. The molecule has 6 heteroatoms. The van der Waals surface area contributed by atoms with Crippen LogP contribution in [0.1, 0.15) is 12.0 Å². The molecule has 0 radical (unpaired) electrons. The van der Waals surface area contributed by atoms with Crippen LogP contribution in [-0.4, -0.2) is 25.2 Å². The highest BCUT2D eigenvalue weighted by Crippen LogP contribution is 2.21. The second-order valence-corrected chi connectivity index (χ2v) is 5.49. The van der Waals surface area contributed by atoms with Crippen molar-refractivity contribution in [3.63, 3.8) is 0 Å². The predicted octanol–water partition coefficient (Wildman–Crippen LogP) is 3.35. The number of halogens is 1. The van der Waals surface area contributed by atoms with Gasteiger partial charge in [-0.3, -0.25) is 9.69 Å². The molecule has 2 amide bonds. The maximum Gasteiger partial charge on any atom is 0.414 e. The van der Waals surface area contributed by atoms with E-state index in [1.807, 2.05) is 0 Å². The Labute approximate surface area is 139 Å². The average molecular weight is 328 g/mol. The van der Waals surface area contributed by atoms with Crippen LogP contribution in [0.2, 0.25) is 0 Å². The van der Waals surface area contributed by atoms with Crippen LogP contribution in [-0.2, 0) is 16.0 Å². The molecule has 124 valence electrons. The van der Waals surface area contributed by atoms with Gasteiger partial charge in [-0.25, -0.2) is 9.18 Å². The van der Waals surface area contributed by atoms with Crippen molar-refractivity contribution in [2.24, 2.45) is 0 Å². The van der Waals surface area contributed by atoms with Gasteiger partial charge < -0.3 is 10.1 Å². The number of hydrogen-bond donors (Lipinski definition) is 1. The van der Waals surface area contributed by atoms with Gasteiger partial charge in [0.2, 0.25) is 5.91 Å². The minimum Gasteiger partial charge on any atom is -0.447 e. The van der Waals surface area contributed by atoms with Crippen LogP contribution in [0.5, 0.6) is 0 Å². The van der Waals surface area contributed by atoms with E-state index in [1.165, 1.54) is 17.0 Å². The van der Waals surface area contributed by atoms with E-state index >= 15 is 0 Å². The molecule has 0 atom stereocenters. The monoisotopic (exact) mass is 328 g/mol. The van der Waals surface area contributed by atoms with Gasteiger partial charge in [0, 0.05) is 17.8 Å². The zero-order valence-corrected chi connectivity index (χ0v) is 13.0. The molecule has 0 spiro atoms. The molecule has 0 bridgehead atoms. The Morgan fingerprint density at radius 3 is 2.67 bits per heavy atom. The number of carbonyl (C=O) groups is 2. The van der Waals surface area contributed by atoms with Crippen molar-refractivity contribution >= 4 is 23.4 Å². The van der Waals surface area contributed by atoms with Gasteiger partial charge in [0.1, 0.15) is 12.4 Å². The third kappa shape index (κ3) is 3.90. The third-order valence-electron chi connectivity index (χ3n) is 3.75. The first-order valence-electron chi connectivity index (χ1n) is 7.70. The van der Waals surface area contributed by atoms with E-state index < -0.39 is 0 Å². The molecule has 1 fully saturated rings. The average Bonchev–Trinajstić information content (AvgIpc) is 3.00. The lowest BCUT2D eigenvalue weighted by atomic mass is 10.1. The Morgan fingerprint density at radius 1 is 1.21 bits per heavy atom. The maximum absolute atomic E-state index is 13.1. The molecule has 1 N–H and O–H groups in total. The Hall–Kier alpha value is -2.89. The van der Waals surface area contributed by atoms with Crippen molar-refractivity contribution in [3.05, 3.63) is 59.9 Å². The largest absolute Gasteiger partial charge is 0.447 e. The molecule has 2 aromatic carbocycles. The number of hydrogen-bond acceptors (Lipinski definition) is 3. The number of amides is 2. The van der Waals surface area contributed by atoms with Crippen molar-refractivity contribution in [2.45, 2.75) is 12.8 Å². The van der Waals surface area contributed by atoms with Crippen molar-refractivity contribution < 1.29 is 18.7 Å². The highest BCUT2D eigenvalue weighted by molar-refractivity contribution is 5.92. The Bertz CT molecular complexity index is 746. The fraction of sp³-hybridized carbons (Fsp3) is 0.222. The minimum absolute atomic E-state index is 0.146. The molecular formula is C18H17FN2O3. The maximum atomic E-state index is 13.1. The van der Waals surface area contributed by atoms with Crippen molar-refractivity contribution in [1.29, 1.82) is 0 Å². The molecule has 24 heavy (non-hydrogen) atoms. The molecule has 0 aliphatic carbocycles. The summed E-state index contributed by atoms with van der Waals surface area (Å²) in [5, 5.41) is 2.79. The molecule has 1 saturated heterocycles. The first-order chi connectivity index (χ1) is 11.6. The van der Waals surface area contributed by atoms with Crippen LogP contribution < -0.4 is 10.2 Å². The summed E-state index contributed by atoms with van der Waals surface area (Å²) in [7, 11) is 0. The number of cyclic esters (lactones) is 1. The summed E-state index contributed by atoms with van der Waals surface area (Å²) in [5.74, 6) is -0.448. The Kier molecular flexibility index (Phi) is 4.74. The molecule has 1 heterocycles. The van der Waals surface area contributed by atoms with E-state index in [1.54, 1.807) is 36.4 Å². The number of benzene rings is 2. The molecule has 0 unspecified atom stereocenters. The number of nitrogens with one attached hydrogen (secondary N) is 1. The highest BCUT2D eigenvalue weighted by atomic mass is 19.1. The SMILES string of the molecule is O=C(CCc1cccc(F)c1)Nc1ccc(N2CCOC2=O)cc1. The van der Waals surface area contributed by atoms with E-state index in [0.29, 0.717) is 25.3 Å². The van der Waals surface area contributed by atoms with E-state index in [-0.39, 0.29) is 24.2 Å². The summed E-state index contributed by atoms with van der Waals surface area (Å²) in [6.45, 7) is 0.912. The van der Waals surface area contributed by atoms with Crippen LogP contribution in [0, 0.1) is 5.82 Å². The normalized spacial score (nSPS) is 13.7. The second-order valence-electron chi connectivity index (χ2n) is 5.49. The van der Waals surface area contributed by atoms with Crippen molar-refractivity contribution in [1.82, 2.24) is 0 Å². The summed E-state index contributed by atoms with van der Waals surface area (Å²) >= 11 is 0. The lowest BCUT2D eigenvalue weighted by Gasteiger charge is -2.13. The van der Waals surface area contributed by atoms with Gasteiger partial charge >= 0.3 is 6.09 Å². The lowest BCUT2D eigenvalue weighted by Crippen LogP contribution is -2.23. The predicted molar refractivity (Wildman–Crippen MR) is 88.5 cm³/mol. The Balaban J connectivity index is 1.53. The van der Waals surface area contributed by atoms with E-state index in [0.717, 1.165) is 11.3 Å². The topological polar surface area (TPSA) is 58.6 Å². The first kappa shape index (κ1) is 16.0. The third-order valence-corrected chi connectivity index (χ3v) is 3.75. The fourth-order valence-electron chi connectivity index (χ4n) is 2.53.